The fourth-order valence-electron chi connectivity index (χ4n) is 3.76. The van der Waals surface area contributed by atoms with E-state index in [0.29, 0.717) is 31.0 Å². The van der Waals surface area contributed by atoms with Gasteiger partial charge in [0.25, 0.3) is 0 Å². The fourth-order valence-corrected chi connectivity index (χ4v) is 5.11. The minimum absolute atomic E-state index is 0.0227. The molecule has 3 rings (SSSR count). The van der Waals surface area contributed by atoms with Crippen LogP contribution in [0.3, 0.4) is 0 Å². The van der Waals surface area contributed by atoms with Crippen molar-refractivity contribution in [1.29, 1.82) is 0 Å². The van der Waals surface area contributed by atoms with Gasteiger partial charge in [0.05, 0.1) is 6.04 Å². The Morgan fingerprint density at radius 3 is 2.26 bits per heavy atom. The lowest BCUT2D eigenvalue weighted by Crippen LogP contribution is -2.43. The van der Waals surface area contributed by atoms with Crippen molar-refractivity contribution in [3.8, 4) is 0 Å². The van der Waals surface area contributed by atoms with Gasteiger partial charge in [-0.05, 0) is 48.1 Å². The molecule has 7 heteroatoms. The van der Waals surface area contributed by atoms with E-state index in [2.05, 4.69) is 19.2 Å². The number of nitrogens with zero attached hydrogens (tertiary/aromatic N) is 1. The van der Waals surface area contributed by atoms with Crippen LogP contribution in [0.5, 0.6) is 0 Å². The number of halogens is 1. The number of hydrogen-bond donors (Lipinski definition) is 1. The van der Waals surface area contributed by atoms with E-state index in [0.717, 1.165) is 11.1 Å². The Kier molecular flexibility index (Phi) is 7.92. The number of carbonyl (C=O) groups is 1. The summed E-state index contributed by atoms with van der Waals surface area (Å²) in [5.74, 6) is -0.00246. The van der Waals surface area contributed by atoms with Crippen molar-refractivity contribution < 1.29 is 13.2 Å². The quantitative estimate of drug-likeness (QED) is 0.641. The van der Waals surface area contributed by atoms with Gasteiger partial charge < -0.3 is 5.32 Å². The predicted molar refractivity (Wildman–Crippen MR) is 126 cm³/mol. The molecule has 1 unspecified atom stereocenters. The Morgan fingerprint density at radius 1 is 1.06 bits per heavy atom. The van der Waals surface area contributed by atoms with Crippen molar-refractivity contribution in [2.45, 2.75) is 32.7 Å². The summed E-state index contributed by atoms with van der Waals surface area (Å²) in [4.78, 5) is 12.9. The minimum atomic E-state index is -3.51. The fraction of sp³-hybridized carbons (Fsp3) is 0.375. The van der Waals surface area contributed by atoms with Crippen molar-refractivity contribution >= 4 is 33.6 Å². The van der Waals surface area contributed by atoms with Crippen LogP contribution >= 0.6 is 11.6 Å². The maximum absolute atomic E-state index is 12.9. The van der Waals surface area contributed by atoms with E-state index >= 15 is 0 Å². The Bertz CT molecular complexity index is 997. The molecule has 0 aliphatic carbocycles. The van der Waals surface area contributed by atoms with Gasteiger partial charge in [-0.15, -0.1) is 0 Å². The topological polar surface area (TPSA) is 66.5 Å². The first-order chi connectivity index (χ1) is 14.8. The molecular formula is C24H29ClN2O3S. The molecule has 1 N–H and O–H groups in total. The number of hydrogen-bond acceptors (Lipinski definition) is 3. The molecule has 1 fully saturated rings. The first kappa shape index (κ1) is 23.5. The summed E-state index contributed by atoms with van der Waals surface area (Å²) in [5.41, 5.74) is 1.85. The second kappa shape index (κ2) is 10.4. The van der Waals surface area contributed by atoms with Gasteiger partial charge in [0.15, 0.2) is 0 Å². The van der Waals surface area contributed by atoms with Crippen molar-refractivity contribution in [2.75, 3.05) is 13.1 Å². The van der Waals surface area contributed by atoms with Gasteiger partial charge in [-0.2, -0.15) is 4.31 Å². The highest BCUT2D eigenvalue weighted by Crippen LogP contribution is 2.26. The summed E-state index contributed by atoms with van der Waals surface area (Å²) in [6.07, 6.45) is 2.62. The largest absolute Gasteiger partial charge is 0.349 e. The Labute approximate surface area is 190 Å². The standard InChI is InChI=1S/C24H29ClN2O3S/c1-18(2)23(20-8-10-22(25)11-9-20)26-24(28)21-12-15-27(16-13-21)31(29,30)17-14-19-6-4-3-5-7-19/h3-11,14,17-18,21,23H,12-13,15-16H2,1-2H3,(H,26,28). The van der Waals surface area contributed by atoms with Crippen molar-refractivity contribution in [3.63, 3.8) is 0 Å². The first-order valence-corrected chi connectivity index (χ1v) is 12.4. The van der Waals surface area contributed by atoms with Crippen molar-refractivity contribution in [3.05, 3.63) is 76.2 Å². The number of sulfonamides is 1. The van der Waals surface area contributed by atoms with Crippen LogP contribution < -0.4 is 5.32 Å². The SMILES string of the molecule is CC(C)C(NC(=O)C1CCN(S(=O)(=O)C=Cc2ccccc2)CC1)c1ccc(Cl)cc1. The van der Waals surface area contributed by atoms with E-state index in [1.54, 1.807) is 6.08 Å². The molecule has 0 radical (unpaired) electrons. The average molecular weight is 461 g/mol. The number of piperidine rings is 1. The molecule has 0 saturated carbocycles. The summed E-state index contributed by atoms with van der Waals surface area (Å²) in [6, 6.07) is 16.7. The van der Waals surface area contributed by atoms with E-state index in [-0.39, 0.29) is 23.8 Å². The molecule has 1 aliphatic rings. The van der Waals surface area contributed by atoms with Gasteiger partial charge in [-0.1, -0.05) is 67.9 Å². The van der Waals surface area contributed by atoms with Crippen LogP contribution in [0.2, 0.25) is 5.02 Å². The normalized spacial score (nSPS) is 17.2. The van der Waals surface area contributed by atoms with Crippen molar-refractivity contribution in [2.24, 2.45) is 11.8 Å². The van der Waals surface area contributed by atoms with Crippen LogP contribution in [0.25, 0.3) is 6.08 Å². The third kappa shape index (κ3) is 6.42. The zero-order valence-electron chi connectivity index (χ0n) is 17.9. The summed E-state index contributed by atoms with van der Waals surface area (Å²) < 4.78 is 26.7. The molecule has 2 aromatic rings. The summed E-state index contributed by atoms with van der Waals surface area (Å²) >= 11 is 5.99. The maximum atomic E-state index is 12.9. The number of carbonyl (C=O) groups excluding carboxylic acids is 1. The van der Waals surface area contributed by atoms with Crippen LogP contribution in [0.1, 0.15) is 43.9 Å². The molecule has 1 amide bonds. The maximum Gasteiger partial charge on any atom is 0.236 e. The third-order valence-electron chi connectivity index (χ3n) is 5.61. The van der Waals surface area contributed by atoms with Crippen LogP contribution in [0, 0.1) is 11.8 Å². The van der Waals surface area contributed by atoms with E-state index in [4.69, 9.17) is 11.6 Å². The number of benzene rings is 2. The summed E-state index contributed by atoms with van der Waals surface area (Å²) in [5, 5.41) is 5.07. The van der Waals surface area contributed by atoms with Crippen molar-refractivity contribution in [1.82, 2.24) is 9.62 Å². The second-order valence-corrected chi connectivity index (χ2v) is 10.5. The Hall–Kier alpha value is -2.15. The smallest absolute Gasteiger partial charge is 0.236 e. The highest BCUT2D eigenvalue weighted by atomic mass is 35.5. The molecule has 1 atom stereocenters. The number of rotatable bonds is 7. The number of amides is 1. The molecule has 0 spiro atoms. The monoisotopic (exact) mass is 460 g/mol. The molecule has 1 heterocycles. The highest BCUT2D eigenvalue weighted by molar-refractivity contribution is 7.92. The Morgan fingerprint density at radius 2 is 1.68 bits per heavy atom. The van der Waals surface area contributed by atoms with Crippen LogP contribution in [0.4, 0.5) is 0 Å². The zero-order valence-corrected chi connectivity index (χ0v) is 19.4. The molecule has 0 aromatic heterocycles. The van der Waals surface area contributed by atoms with Gasteiger partial charge in [0.1, 0.15) is 0 Å². The molecule has 2 aromatic carbocycles. The van der Waals surface area contributed by atoms with Crippen LogP contribution in [-0.4, -0.2) is 31.7 Å². The zero-order chi connectivity index (χ0) is 22.4. The van der Waals surface area contributed by atoms with Gasteiger partial charge in [0, 0.05) is 29.4 Å². The molecule has 0 bridgehead atoms. The average Bonchev–Trinajstić information content (AvgIpc) is 2.77. The summed E-state index contributed by atoms with van der Waals surface area (Å²) in [7, 11) is -3.51. The molecular weight excluding hydrogens is 432 g/mol. The lowest BCUT2D eigenvalue weighted by molar-refractivity contribution is -0.127. The lowest BCUT2D eigenvalue weighted by atomic mass is 9.93. The third-order valence-corrected chi connectivity index (χ3v) is 7.43. The van der Waals surface area contributed by atoms with E-state index in [1.807, 2.05) is 54.6 Å². The van der Waals surface area contributed by atoms with E-state index in [1.165, 1.54) is 9.71 Å². The van der Waals surface area contributed by atoms with Crippen LogP contribution in [0.15, 0.2) is 60.0 Å². The van der Waals surface area contributed by atoms with Crippen LogP contribution in [-0.2, 0) is 14.8 Å². The summed E-state index contributed by atoms with van der Waals surface area (Å²) in [6.45, 7) is 4.81. The lowest BCUT2D eigenvalue weighted by Gasteiger charge is -2.31. The predicted octanol–water partition coefficient (Wildman–Crippen LogP) is 4.87. The molecule has 31 heavy (non-hydrogen) atoms. The molecule has 5 nitrogen and oxygen atoms in total. The van der Waals surface area contributed by atoms with Gasteiger partial charge >= 0.3 is 0 Å². The van der Waals surface area contributed by atoms with Gasteiger partial charge in [-0.3, -0.25) is 4.79 Å². The second-order valence-electron chi connectivity index (χ2n) is 8.21. The first-order valence-electron chi connectivity index (χ1n) is 10.6. The van der Waals surface area contributed by atoms with E-state index < -0.39 is 10.0 Å². The van der Waals surface area contributed by atoms with E-state index in [9.17, 15) is 13.2 Å². The molecule has 1 aliphatic heterocycles. The van der Waals surface area contributed by atoms with Gasteiger partial charge in [-0.25, -0.2) is 8.42 Å². The highest BCUT2D eigenvalue weighted by Gasteiger charge is 2.31. The molecule has 1 saturated heterocycles. The number of nitrogens with one attached hydrogen (secondary N) is 1. The minimum Gasteiger partial charge on any atom is -0.349 e. The Balaban J connectivity index is 1.58. The molecule has 166 valence electrons. The van der Waals surface area contributed by atoms with Gasteiger partial charge in [0.2, 0.25) is 15.9 Å².